The van der Waals surface area contributed by atoms with E-state index in [-0.39, 0.29) is 11.5 Å². The minimum Gasteiger partial charge on any atom is -0.616 e. The van der Waals surface area contributed by atoms with Crippen molar-refractivity contribution in [3.05, 3.63) is 38.9 Å². The summed E-state index contributed by atoms with van der Waals surface area (Å²) in [6.07, 6.45) is 3.20. The second kappa shape index (κ2) is 6.33. The van der Waals surface area contributed by atoms with Gasteiger partial charge in [-0.3, -0.25) is 4.79 Å². The topological polar surface area (TPSA) is 68.8 Å². The maximum Gasteiger partial charge on any atom is 0.228 e. The molecule has 114 valence electrons. The molecule has 3 rings (SSSR count). The molecule has 1 aromatic carbocycles. The van der Waals surface area contributed by atoms with Gasteiger partial charge in [-0.05, 0) is 39.2 Å². The van der Waals surface area contributed by atoms with Crippen LogP contribution in [0.2, 0.25) is 5.02 Å². The maximum absolute atomic E-state index is 12.4. The van der Waals surface area contributed by atoms with E-state index in [1.165, 1.54) is 17.6 Å². The quantitative estimate of drug-likeness (QED) is 0.509. The van der Waals surface area contributed by atoms with Crippen molar-refractivity contribution in [1.29, 1.82) is 0 Å². The molecule has 0 saturated carbocycles. The lowest BCUT2D eigenvalue weighted by molar-refractivity contribution is 0.101. The fraction of sp³-hybridized carbons (Fsp3) is 0.143. The van der Waals surface area contributed by atoms with Crippen LogP contribution in [0.3, 0.4) is 0 Å². The fourth-order valence-electron chi connectivity index (χ4n) is 2.22. The summed E-state index contributed by atoms with van der Waals surface area (Å²) in [5.74, 6) is -0.227. The molecule has 0 aliphatic heterocycles. The maximum atomic E-state index is 12.4. The Morgan fingerprint density at radius 2 is 2.32 bits per heavy atom. The van der Waals surface area contributed by atoms with Gasteiger partial charge in [-0.15, -0.1) is 11.3 Å². The van der Waals surface area contributed by atoms with Gasteiger partial charge in [-0.1, -0.05) is 11.6 Å². The number of aromatic amines is 1. The lowest BCUT2D eigenvalue weighted by Crippen LogP contribution is -2.15. The Kier molecular flexibility index (Phi) is 4.61. The second-order valence-corrected chi connectivity index (χ2v) is 8.26. The third kappa shape index (κ3) is 2.96. The normalized spacial score (nSPS) is 12.7. The first-order valence-corrected chi connectivity index (χ1v) is 9.99. The Labute approximate surface area is 147 Å². The van der Waals surface area contributed by atoms with E-state index < -0.39 is 11.2 Å². The highest BCUT2D eigenvalue weighted by Gasteiger charge is 2.23. The Hall–Kier alpha value is -0.860. The van der Waals surface area contributed by atoms with Crippen LogP contribution in [0.25, 0.3) is 21.5 Å². The number of H-pyrrole nitrogens is 1. The van der Waals surface area contributed by atoms with Gasteiger partial charge in [0.05, 0.1) is 17.0 Å². The molecule has 0 aliphatic rings. The predicted molar refractivity (Wildman–Crippen MR) is 95.4 cm³/mol. The van der Waals surface area contributed by atoms with Crippen molar-refractivity contribution in [1.82, 2.24) is 9.97 Å². The number of hydrogen-bond donors (Lipinski definition) is 1. The molecule has 8 heteroatoms. The van der Waals surface area contributed by atoms with Crippen molar-refractivity contribution >= 4 is 66.7 Å². The average molecular weight is 418 g/mol. The molecule has 4 nitrogen and oxygen atoms in total. The van der Waals surface area contributed by atoms with Crippen LogP contribution in [0.1, 0.15) is 10.5 Å². The molecule has 1 unspecified atom stereocenters. The molecule has 0 fully saturated rings. The van der Waals surface area contributed by atoms with Crippen LogP contribution in [0.4, 0.5) is 0 Å². The fourth-order valence-corrected chi connectivity index (χ4v) is 3.95. The van der Waals surface area contributed by atoms with E-state index in [1.54, 1.807) is 12.3 Å². The average Bonchev–Trinajstić information content (AvgIpc) is 3.05. The Bertz CT molecular complexity index is 846. The molecule has 1 atom stereocenters. The zero-order valence-corrected chi connectivity index (χ0v) is 15.3. The number of Topliss-reactive ketones (excluding diaryl/α,β-unsaturated/α-hetero) is 1. The number of carbonyl (C=O) groups excluding carboxylic acids is 1. The van der Waals surface area contributed by atoms with E-state index in [9.17, 15) is 9.35 Å². The molecule has 2 aromatic heterocycles. The zero-order valence-electron chi connectivity index (χ0n) is 11.4. The first-order chi connectivity index (χ1) is 10.5. The van der Waals surface area contributed by atoms with E-state index in [0.717, 1.165) is 25.9 Å². The SMILES string of the molecule is C[S+]([O-])CC(=O)c1[nH]c2cc(Br)c(Cl)cc2c1-c1nccs1. The van der Waals surface area contributed by atoms with Crippen molar-refractivity contribution in [3.8, 4) is 10.6 Å². The number of nitrogens with one attached hydrogen (secondary N) is 1. The number of rotatable bonds is 4. The molecule has 0 bridgehead atoms. The van der Waals surface area contributed by atoms with E-state index in [0.29, 0.717) is 10.7 Å². The summed E-state index contributed by atoms with van der Waals surface area (Å²) in [5, 5.41) is 3.96. The van der Waals surface area contributed by atoms with Gasteiger partial charge in [0, 0.05) is 32.5 Å². The van der Waals surface area contributed by atoms with Crippen LogP contribution >= 0.6 is 38.9 Å². The van der Waals surface area contributed by atoms with Crippen molar-refractivity contribution in [2.45, 2.75) is 0 Å². The highest BCUT2D eigenvalue weighted by molar-refractivity contribution is 9.10. The Balaban J connectivity index is 2.26. The van der Waals surface area contributed by atoms with Crippen LogP contribution < -0.4 is 0 Å². The van der Waals surface area contributed by atoms with Gasteiger partial charge >= 0.3 is 0 Å². The summed E-state index contributed by atoms with van der Waals surface area (Å²) < 4.78 is 12.1. The molecule has 2 heterocycles. The molecule has 0 aliphatic carbocycles. The number of halogens is 2. The van der Waals surface area contributed by atoms with E-state index in [2.05, 4.69) is 25.9 Å². The molecule has 1 N–H and O–H groups in total. The molecule has 0 saturated heterocycles. The second-order valence-electron chi connectivity index (χ2n) is 4.66. The number of hydrogen-bond acceptors (Lipinski definition) is 4. The monoisotopic (exact) mass is 416 g/mol. The van der Waals surface area contributed by atoms with Crippen molar-refractivity contribution < 1.29 is 9.35 Å². The van der Waals surface area contributed by atoms with Gasteiger partial charge in [0.2, 0.25) is 5.78 Å². The van der Waals surface area contributed by atoms with Crippen LogP contribution in [0, 0.1) is 0 Å². The lowest BCUT2D eigenvalue weighted by Gasteiger charge is -2.04. The van der Waals surface area contributed by atoms with Crippen molar-refractivity contribution in [2.75, 3.05) is 12.0 Å². The Morgan fingerprint density at radius 3 is 2.95 bits per heavy atom. The smallest absolute Gasteiger partial charge is 0.228 e. The minimum atomic E-state index is -1.20. The first-order valence-electron chi connectivity index (χ1n) is 6.21. The van der Waals surface area contributed by atoms with E-state index in [1.807, 2.05) is 11.4 Å². The first kappa shape index (κ1) is 16.0. The van der Waals surface area contributed by atoms with Crippen LogP contribution in [0.5, 0.6) is 0 Å². The standard InChI is InChI=1S/C14H10BrClN2O2S2/c1-22(20)6-11(19)13-12(14-17-2-3-21-14)7-4-9(16)8(15)5-10(7)18-13/h2-5,18H,6H2,1H3. The summed E-state index contributed by atoms with van der Waals surface area (Å²) in [5.41, 5.74) is 1.93. The largest absolute Gasteiger partial charge is 0.616 e. The van der Waals surface area contributed by atoms with Gasteiger partial charge in [-0.2, -0.15) is 0 Å². The number of ketones is 1. The van der Waals surface area contributed by atoms with E-state index >= 15 is 0 Å². The molecule has 0 spiro atoms. The molecule has 3 aromatic rings. The van der Waals surface area contributed by atoms with Gasteiger partial charge in [-0.25, -0.2) is 4.98 Å². The molecule has 22 heavy (non-hydrogen) atoms. The van der Waals surface area contributed by atoms with Crippen LogP contribution in [-0.4, -0.2) is 32.3 Å². The zero-order chi connectivity index (χ0) is 15.9. The van der Waals surface area contributed by atoms with Crippen LogP contribution in [-0.2, 0) is 11.2 Å². The van der Waals surface area contributed by atoms with Gasteiger partial charge in [0.25, 0.3) is 0 Å². The van der Waals surface area contributed by atoms with E-state index in [4.69, 9.17) is 11.6 Å². The number of benzene rings is 1. The molecule has 0 amide bonds. The number of nitrogens with zero attached hydrogens (tertiary/aromatic N) is 1. The van der Waals surface area contributed by atoms with Crippen molar-refractivity contribution in [3.63, 3.8) is 0 Å². The predicted octanol–water partition coefficient (Wildman–Crippen LogP) is 4.27. The van der Waals surface area contributed by atoms with Gasteiger partial charge in [0.15, 0.2) is 5.75 Å². The van der Waals surface area contributed by atoms with Gasteiger partial charge < -0.3 is 9.54 Å². The number of carbonyl (C=O) groups is 1. The van der Waals surface area contributed by atoms with Gasteiger partial charge in [0.1, 0.15) is 5.01 Å². The third-order valence-corrected chi connectivity index (χ3v) is 5.76. The minimum absolute atomic E-state index is 0.0277. The number of fused-ring (bicyclic) bond motifs is 1. The number of aromatic nitrogens is 2. The Morgan fingerprint density at radius 1 is 1.55 bits per heavy atom. The summed E-state index contributed by atoms with van der Waals surface area (Å²) in [7, 11) is 0. The molecule has 0 radical (unpaired) electrons. The lowest BCUT2D eigenvalue weighted by atomic mass is 10.1. The van der Waals surface area contributed by atoms with Crippen molar-refractivity contribution in [2.24, 2.45) is 0 Å². The summed E-state index contributed by atoms with van der Waals surface area (Å²) in [4.78, 5) is 19.8. The highest BCUT2D eigenvalue weighted by atomic mass is 79.9. The van der Waals surface area contributed by atoms with Crippen LogP contribution in [0.15, 0.2) is 28.2 Å². The number of thiazole rings is 1. The third-order valence-electron chi connectivity index (χ3n) is 3.10. The summed E-state index contributed by atoms with van der Waals surface area (Å²) in [6, 6.07) is 3.63. The highest BCUT2D eigenvalue weighted by Crippen LogP contribution is 2.37. The summed E-state index contributed by atoms with van der Waals surface area (Å²) >= 11 is 9.80. The summed E-state index contributed by atoms with van der Waals surface area (Å²) in [6.45, 7) is 0. The molecular weight excluding hydrogens is 408 g/mol. The molecular formula is C14H10BrClN2O2S2.